The van der Waals surface area contributed by atoms with Crippen molar-refractivity contribution in [3.05, 3.63) is 36.4 Å². The molecule has 0 aliphatic carbocycles. The number of piperazine rings is 1. The van der Waals surface area contributed by atoms with Crippen molar-refractivity contribution in [3.63, 3.8) is 0 Å². The standard InChI is InChI=1S/C23H33N7S/c1-17-13-18(2)16-30(15-17)21-14-20(25-22(26-21)27-23(31)24-3)29-11-9-28(10-12-29)19-7-5-4-6-8-19/h4-8,14,17-18H,9-13,15-16H2,1-3H3,(H2,24,25,26,27,31)/t17-,18+. The minimum Gasteiger partial charge on any atom is -0.368 e. The zero-order valence-corrected chi connectivity index (χ0v) is 19.5. The molecule has 0 bridgehead atoms. The normalized spacial score (nSPS) is 21.7. The zero-order chi connectivity index (χ0) is 21.8. The molecule has 3 heterocycles. The van der Waals surface area contributed by atoms with E-state index in [0.717, 1.165) is 50.9 Å². The largest absolute Gasteiger partial charge is 0.368 e. The number of hydrogen-bond acceptors (Lipinski definition) is 6. The summed E-state index contributed by atoms with van der Waals surface area (Å²) < 4.78 is 0. The number of hydrogen-bond donors (Lipinski definition) is 2. The first-order chi connectivity index (χ1) is 15.0. The molecule has 7 nitrogen and oxygen atoms in total. The Labute approximate surface area is 190 Å². The van der Waals surface area contributed by atoms with Gasteiger partial charge in [0.15, 0.2) is 5.11 Å². The van der Waals surface area contributed by atoms with Crippen LogP contribution in [0.5, 0.6) is 0 Å². The maximum atomic E-state index is 5.31. The lowest BCUT2D eigenvalue weighted by Gasteiger charge is -2.38. The van der Waals surface area contributed by atoms with Crippen LogP contribution < -0.4 is 25.3 Å². The van der Waals surface area contributed by atoms with Gasteiger partial charge in [0.1, 0.15) is 11.6 Å². The van der Waals surface area contributed by atoms with Crippen LogP contribution in [0.2, 0.25) is 0 Å². The first-order valence-corrected chi connectivity index (χ1v) is 11.6. The number of thiocarbonyl (C=S) groups is 1. The number of rotatable bonds is 4. The third-order valence-electron chi connectivity index (χ3n) is 6.07. The minimum absolute atomic E-state index is 0.525. The highest BCUT2D eigenvalue weighted by Crippen LogP contribution is 2.29. The molecule has 31 heavy (non-hydrogen) atoms. The van der Waals surface area contributed by atoms with Gasteiger partial charge in [0, 0.05) is 58.1 Å². The molecule has 0 spiro atoms. The van der Waals surface area contributed by atoms with Crippen molar-refractivity contribution >= 4 is 40.6 Å². The lowest BCUT2D eigenvalue weighted by atomic mass is 9.92. The molecule has 2 fully saturated rings. The van der Waals surface area contributed by atoms with Crippen LogP contribution in [-0.4, -0.2) is 61.4 Å². The van der Waals surface area contributed by atoms with Gasteiger partial charge in [-0.2, -0.15) is 9.97 Å². The summed E-state index contributed by atoms with van der Waals surface area (Å²) in [4.78, 5) is 16.8. The Morgan fingerprint density at radius 2 is 1.48 bits per heavy atom. The molecule has 2 aliphatic heterocycles. The summed E-state index contributed by atoms with van der Waals surface area (Å²) in [6, 6.07) is 12.8. The van der Waals surface area contributed by atoms with Crippen molar-refractivity contribution in [2.45, 2.75) is 20.3 Å². The Morgan fingerprint density at radius 1 is 0.903 bits per heavy atom. The first-order valence-electron chi connectivity index (χ1n) is 11.2. The molecular weight excluding hydrogens is 406 g/mol. The van der Waals surface area contributed by atoms with E-state index in [4.69, 9.17) is 22.2 Å². The number of para-hydroxylation sites is 1. The highest BCUT2D eigenvalue weighted by atomic mass is 32.1. The van der Waals surface area contributed by atoms with Gasteiger partial charge in [-0.15, -0.1) is 0 Å². The Balaban J connectivity index is 1.55. The van der Waals surface area contributed by atoms with Crippen LogP contribution in [0.3, 0.4) is 0 Å². The first kappa shape index (κ1) is 21.6. The Bertz CT molecular complexity index is 873. The number of anilines is 4. The van der Waals surface area contributed by atoms with Gasteiger partial charge in [-0.25, -0.2) is 0 Å². The molecule has 1 aromatic heterocycles. The molecule has 2 atom stereocenters. The molecule has 1 aromatic carbocycles. The van der Waals surface area contributed by atoms with Crippen LogP contribution in [0.1, 0.15) is 20.3 Å². The van der Waals surface area contributed by atoms with Crippen molar-refractivity contribution in [2.24, 2.45) is 11.8 Å². The van der Waals surface area contributed by atoms with E-state index in [9.17, 15) is 0 Å². The number of benzene rings is 1. The number of nitrogens with one attached hydrogen (secondary N) is 2. The Kier molecular flexibility index (Phi) is 6.75. The summed E-state index contributed by atoms with van der Waals surface area (Å²) >= 11 is 5.31. The zero-order valence-electron chi connectivity index (χ0n) is 18.7. The van der Waals surface area contributed by atoms with Gasteiger partial charge >= 0.3 is 0 Å². The third kappa shape index (κ3) is 5.36. The molecule has 8 heteroatoms. The SMILES string of the molecule is CNC(=S)Nc1nc(N2CCN(c3ccccc3)CC2)cc(N2C[C@H](C)C[C@H](C)C2)n1. The predicted octanol–water partition coefficient (Wildman–Crippen LogP) is 3.20. The van der Waals surface area contributed by atoms with E-state index in [1.54, 1.807) is 7.05 Å². The monoisotopic (exact) mass is 439 g/mol. The summed E-state index contributed by atoms with van der Waals surface area (Å²) in [6.07, 6.45) is 1.27. The third-order valence-corrected chi connectivity index (χ3v) is 6.38. The molecule has 4 rings (SSSR count). The molecule has 166 valence electrons. The maximum Gasteiger partial charge on any atom is 0.232 e. The van der Waals surface area contributed by atoms with Crippen LogP contribution in [0.25, 0.3) is 0 Å². The van der Waals surface area contributed by atoms with E-state index in [-0.39, 0.29) is 0 Å². The number of aromatic nitrogens is 2. The van der Waals surface area contributed by atoms with Crippen LogP contribution in [0.15, 0.2) is 36.4 Å². The van der Waals surface area contributed by atoms with Crippen molar-refractivity contribution in [1.29, 1.82) is 0 Å². The Morgan fingerprint density at radius 3 is 2.10 bits per heavy atom. The van der Waals surface area contributed by atoms with E-state index >= 15 is 0 Å². The highest BCUT2D eigenvalue weighted by molar-refractivity contribution is 7.80. The van der Waals surface area contributed by atoms with Crippen LogP contribution >= 0.6 is 12.2 Å². The topological polar surface area (TPSA) is 59.6 Å². The molecule has 2 aromatic rings. The van der Waals surface area contributed by atoms with Gasteiger partial charge in [0.05, 0.1) is 0 Å². The van der Waals surface area contributed by atoms with Gasteiger partial charge in [0.25, 0.3) is 0 Å². The van der Waals surface area contributed by atoms with Gasteiger partial charge < -0.3 is 25.3 Å². The van der Waals surface area contributed by atoms with E-state index < -0.39 is 0 Å². The van der Waals surface area contributed by atoms with Crippen LogP contribution in [0.4, 0.5) is 23.3 Å². The van der Waals surface area contributed by atoms with Gasteiger partial charge in [-0.05, 0) is 42.6 Å². The molecule has 2 aliphatic rings. The Hall–Kier alpha value is -2.61. The van der Waals surface area contributed by atoms with Gasteiger partial charge in [0.2, 0.25) is 5.95 Å². The molecule has 0 saturated carbocycles. The number of piperidine rings is 1. The second-order valence-corrected chi connectivity index (χ2v) is 9.18. The lowest BCUT2D eigenvalue weighted by molar-refractivity contribution is 0.355. The van der Waals surface area contributed by atoms with Crippen molar-refractivity contribution in [2.75, 3.05) is 66.3 Å². The van der Waals surface area contributed by atoms with Crippen LogP contribution in [0, 0.1) is 11.8 Å². The quantitative estimate of drug-likeness (QED) is 0.705. The molecule has 0 unspecified atom stereocenters. The van der Waals surface area contributed by atoms with E-state index in [1.807, 2.05) is 0 Å². The fourth-order valence-corrected chi connectivity index (χ4v) is 4.74. The maximum absolute atomic E-state index is 5.31. The lowest BCUT2D eigenvalue weighted by Crippen LogP contribution is -2.47. The molecule has 0 amide bonds. The van der Waals surface area contributed by atoms with Gasteiger partial charge in [-0.1, -0.05) is 32.0 Å². The molecule has 0 radical (unpaired) electrons. The summed E-state index contributed by atoms with van der Waals surface area (Å²) in [6.45, 7) is 10.5. The smallest absolute Gasteiger partial charge is 0.232 e. The summed E-state index contributed by atoms with van der Waals surface area (Å²) in [5, 5.41) is 6.62. The second-order valence-electron chi connectivity index (χ2n) is 8.77. The van der Waals surface area contributed by atoms with Crippen molar-refractivity contribution in [3.8, 4) is 0 Å². The van der Waals surface area contributed by atoms with E-state index in [1.165, 1.54) is 12.1 Å². The highest BCUT2D eigenvalue weighted by Gasteiger charge is 2.25. The molecule has 2 N–H and O–H groups in total. The van der Waals surface area contributed by atoms with Crippen molar-refractivity contribution in [1.82, 2.24) is 15.3 Å². The minimum atomic E-state index is 0.525. The summed E-state index contributed by atoms with van der Waals surface area (Å²) in [5.41, 5.74) is 1.28. The van der Waals surface area contributed by atoms with E-state index in [0.29, 0.717) is 22.9 Å². The second kappa shape index (κ2) is 9.68. The summed E-state index contributed by atoms with van der Waals surface area (Å²) in [7, 11) is 1.80. The van der Waals surface area contributed by atoms with E-state index in [2.05, 4.69) is 75.6 Å². The average Bonchev–Trinajstić information content (AvgIpc) is 2.79. The predicted molar refractivity (Wildman–Crippen MR) is 133 cm³/mol. The fraction of sp³-hybridized carbons (Fsp3) is 0.522. The van der Waals surface area contributed by atoms with Gasteiger partial charge in [-0.3, -0.25) is 0 Å². The van der Waals surface area contributed by atoms with Crippen LogP contribution in [-0.2, 0) is 0 Å². The molecular formula is C23H33N7S. The number of nitrogens with zero attached hydrogens (tertiary/aromatic N) is 5. The summed E-state index contributed by atoms with van der Waals surface area (Å²) in [5.74, 6) is 3.82. The average molecular weight is 440 g/mol. The van der Waals surface area contributed by atoms with Crippen molar-refractivity contribution < 1.29 is 0 Å². The molecule has 2 saturated heterocycles. The fourth-order valence-electron chi connectivity index (χ4n) is 4.65.